The highest BCUT2D eigenvalue weighted by Gasteiger charge is 2.33. The lowest BCUT2D eigenvalue weighted by Crippen LogP contribution is -2.27. The molecular formula is C17H11Cl2NO2S2. The molecule has 0 N–H and O–H groups in total. The molecule has 24 heavy (non-hydrogen) atoms. The van der Waals surface area contributed by atoms with Gasteiger partial charge in [-0.3, -0.25) is 9.69 Å². The Hall–Kier alpha value is -1.53. The van der Waals surface area contributed by atoms with E-state index in [-0.39, 0.29) is 5.91 Å². The smallest absolute Gasteiger partial charge is 0.270 e. The third kappa shape index (κ3) is 3.44. The number of anilines is 1. The number of nitrogens with zero attached hydrogens (tertiary/aromatic N) is 1. The van der Waals surface area contributed by atoms with Crippen LogP contribution >= 0.6 is 47.2 Å². The van der Waals surface area contributed by atoms with Crippen LogP contribution in [0.3, 0.4) is 0 Å². The predicted octanol–water partition coefficient (Wildman–Crippen LogP) is 5.41. The van der Waals surface area contributed by atoms with E-state index >= 15 is 0 Å². The maximum atomic E-state index is 12.7. The minimum Gasteiger partial charge on any atom is -0.497 e. The maximum absolute atomic E-state index is 12.7. The molecule has 0 saturated carbocycles. The molecule has 1 aliphatic heterocycles. The van der Waals surface area contributed by atoms with Gasteiger partial charge in [-0.2, -0.15) is 0 Å². The summed E-state index contributed by atoms with van der Waals surface area (Å²) in [6, 6.07) is 12.3. The van der Waals surface area contributed by atoms with Crippen molar-refractivity contribution in [2.45, 2.75) is 0 Å². The molecule has 3 nitrogen and oxygen atoms in total. The van der Waals surface area contributed by atoms with Crippen molar-refractivity contribution in [2.75, 3.05) is 12.0 Å². The summed E-state index contributed by atoms with van der Waals surface area (Å²) in [6.45, 7) is 0. The molecule has 0 unspecified atom stereocenters. The topological polar surface area (TPSA) is 29.5 Å². The largest absolute Gasteiger partial charge is 0.497 e. The zero-order chi connectivity index (χ0) is 17.3. The van der Waals surface area contributed by atoms with Crippen molar-refractivity contribution in [3.8, 4) is 5.75 Å². The van der Waals surface area contributed by atoms with E-state index in [1.165, 1.54) is 16.7 Å². The first-order valence-electron chi connectivity index (χ1n) is 6.86. The van der Waals surface area contributed by atoms with E-state index in [9.17, 15) is 4.79 Å². The molecule has 0 radical (unpaired) electrons. The molecule has 0 aromatic heterocycles. The van der Waals surface area contributed by atoms with Crippen molar-refractivity contribution in [2.24, 2.45) is 0 Å². The Morgan fingerprint density at radius 1 is 1.21 bits per heavy atom. The molecule has 122 valence electrons. The van der Waals surface area contributed by atoms with Crippen molar-refractivity contribution in [3.63, 3.8) is 0 Å². The summed E-state index contributed by atoms with van der Waals surface area (Å²) >= 11 is 18.7. The predicted molar refractivity (Wildman–Crippen MR) is 105 cm³/mol. The Kier molecular flexibility index (Phi) is 5.15. The minimum atomic E-state index is -0.190. The van der Waals surface area contributed by atoms with Crippen LogP contribution in [-0.4, -0.2) is 17.3 Å². The van der Waals surface area contributed by atoms with Gasteiger partial charge in [0.25, 0.3) is 5.91 Å². The van der Waals surface area contributed by atoms with Crippen molar-refractivity contribution in [1.29, 1.82) is 0 Å². The molecule has 0 aliphatic carbocycles. The zero-order valence-corrected chi connectivity index (χ0v) is 15.6. The average molecular weight is 396 g/mol. The molecule has 0 spiro atoms. The number of hydrogen-bond donors (Lipinski definition) is 0. The number of hydrogen-bond acceptors (Lipinski definition) is 4. The van der Waals surface area contributed by atoms with E-state index in [4.69, 9.17) is 40.2 Å². The van der Waals surface area contributed by atoms with E-state index in [0.717, 1.165) is 0 Å². The van der Waals surface area contributed by atoms with Crippen molar-refractivity contribution in [3.05, 3.63) is 63.0 Å². The third-order valence-corrected chi connectivity index (χ3v) is 5.22. The van der Waals surface area contributed by atoms with Crippen LogP contribution in [0.1, 0.15) is 5.56 Å². The zero-order valence-electron chi connectivity index (χ0n) is 12.5. The highest BCUT2D eigenvalue weighted by atomic mass is 35.5. The summed E-state index contributed by atoms with van der Waals surface area (Å²) in [5.74, 6) is 0.468. The average Bonchev–Trinajstić information content (AvgIpc) is 2.84. The first kappa shape index (κ1) is 17.3. The number of carbonyl (C=O) groups excluding carboxylic acids is 1. The van der Waals surface area contributed by atoms with Crippen LogP contribution in [0.15, 0.2) is 47.4 Å². The second kappa shape index (κ2) is 7.15. The van der Waals surface area contributed by atoms with Gasteiger partial charge in [-0.1, -0.05) is 59.3 Å². The molecular weight excluding hydrogens is 385 g/mol. The van der Waals surface area contributed by atoms with Gasteiger partial charge in [-0.25, -0.2) is 0 Å². The first-order valence-corrected chi connectivity index (χ1v) is 8.85. The number of thiocarbonyl (C=S) groups is 1. The molecule has 1 saturated heterocycles. The summed E-state index contributed by atoms with van der Waals surface area (Å²) in [6.07, 6.45) is 1.72. The minimum absolute atomic E-state index is 0.190. The number of halogens is 2. The van der Waals surface area contributed by atoms with Crippen LogP contribution in [0.4, 0.5) is 5.69 Å². The number of ether oxygens (including phenoxy) is 1. The van der Waals surface area contributed by atoms with Crippen LogP contribution in [0.2, 0.25) is 10.0 Å². The van der Waals surface area contributed by atoms with Crippen LogP contribution in [0.25, 0.3) is 6.08 Å². The van der Waals surface area contributed by atoms with E-state index in [1.54, 1.807) is 37.5 Å². The monoisotopic (exact) mass is 395 g/mol. The normalized spacial score (nSPS) is 16.1. The van der Waals surface area contributed by atoms with E-state index in [0.29, 0.717) is 36.3 Å². The van der Waals surface area contributed by atoms with Crippen molar-refractivity contribution in [1.82, 2.24) is 0 Å². The molecule has 2 aromatic rings. The summed E-state index contributed by atoms with van der Waals surface area (Å²) in [7, 11) is 1.58. The van der Waals surface area contributed by atoms with Gasteiger partial charge in [0.15, 0.2) is 4.32 Å². The Balaban J connectivity index is 1.95. The standard InChI is InChI=1S/C17H11Cl2NO2S2/c1-22-13-4-2-3-12(9-13)20-16(21)15(24-17(20)23)7-10-5-6-11(18)8-14(10)19/h2-9H,1H3/b15-7-. The molecule has 1 amide bonds. The van der Waals surface area contributed by atoms with Crippen LogP contribution < -0.4 is 9.64 Å². The van der Waals surface area contributed by atoms with Gasteiger partial charge < -0.3 is 4.74 Å². The van der Waals surface area contributed by atoms with Crippen LogP contribution in [0, 0.1) is 0 Å². The molecule has 0 atom stereocenters. The fraction of sp³-hybridized carbons (Fsp3) is 0.0588. The molecule has 0 bridgehead atoms. The fourth-order valence-electron chi connectivity index (χ4n) is 2.20. The van der Waals surface area contributed by atoms with E-state index < -0.39 is 0 Å². The van der Waals surface area contributed by atoms with Gasteiger partial charge in [0.1, 0.15) is 5.75 Å². The third-order valence-electron chi connectivity index (χ3n) is 3.35. The highest BCUT2D eigenvalue weighted by molar-refractivity contribution is 8.27. The summed E-state index contributed by atoms with van der Waals surface area (Å²) in [5, 5.41) is 1.02. The van der Waals surface area contributed by atoms with Crippen LogP contribution in [0.5, 0.6) is 5.75 Å². The van der Waals surface area contributed by atoms with Gasteiger partial charge in [0, 0.05) is 16.1 Å². The maximum Gasteiger partial charge on any atom is 0.270 e. The Bertz CT molecular complexity index is 867. The van der Waals surface area contributed by atoms with Gasteiger partial charge >= 0.3 is 0 Å². The van der Waals surface area contributed by atoms with Crippen molar-refractivity contribution < 1.29 is 9.53 Å². The SMILES string of the molecule is COc1cccc(N2C(=O)/C(=C/c3ccc(Cl)cc3Cl)SC2=S)c1. The summed E-state index contributed by atoms with van der Waals surface area (Å²) < 4.78 is 5.66. The first-order chi connectivity index (χ1) is 11.5. The van der Waals surface area contributed by atoms with Gasteiger partial charge in [0.2, 0.25) is 0 Å². The van der Waals surface area contributed by atoms with Gasteiger partial charge in [-0.05, 0) is 35.9 Å². The second-order valence-corrected chi connectivity index (χ2v) is 7.40. The molecule has 1 fully saturated rings. The van der Waals surface area contributed by atoms with Crippen LogP contribution in [-0.2, 0) is 4.79 Å². The molecule has 1 heterocycles. The molecule has 2 aromatic carbocycles. The lowest BCUT2D eigenvalue weighted by atomic mass is 10.2. The van der Waals surface area contributed by atoms with E-state index in [1.807, 2.05) is 18.2 Å². The molecule has 3 rings (SSSR count). The Morgan fingerprint density at radius 3 is 2.71 bits per heavy atom. The Morgan fingerprint density at radius 2 is 2.00 bits per heavy atom. The number of amides is 1. The summed E-state index contributed by atoms with van der Waals surface area (Å²) in [4.78, 5) is 14.7. The lowest BCUT2D eigenvalue weighted by molar-refractivity contribution is -0.113. The lowest BCUT2D eigenvalue weighted by Gasteiger charge is -2.15. The number of methoxy groups -OCH3 is 1. The van der Waals surface area contributed by atoms with Gasteiger partial charge in [0.05, 0.1) is 17.7 Å². The summed E-state index contributed by atoms with van der Waals surface area (Å²) in [5.41, 5.74) is 1.38. The molecule has 7 heteroatoms. The number of carbonyl (C=O) groups is 1. The number of benzene rings is 2. The number of rotatable bonds is 3. The quantitative estimate of drug-likeness (QED) is 0.513. The van der Waals surface area contributed by atoms with Gasteiger partial charge in [-0.15, -0.1) is 0 Å². The van der Waals surface area contributed by atoms with Crippen molar-refractivity contribution >= 4 is 69.2 Å². The number of thioether (sulfide) groups is 1. The fourth-order valence-corrected chi connectivity index (χ4v) is 3.95. The Labute approximate surface area is 159 Å². The highest BCUT2D eigenvalue weighted by Crippen LogP contribution is 2.37. The second-order valence-electron chi connectivity index (χ2n) is 4.88. The molecule has 1 aliphatic rings. The van der Waals surface area contributed by atoms with E-state index in [2.05, 4.69) is 0 Å².